The van der Waals surface area contributed by atoms with E-state index in [9.17, 15) is 4.79 Å². The molecule has 24 heavy (non-hydrogen) atoms. The highest BCUT2D eigenvalue weighted by Gasteiger charge is 2.14. The Morgan fingerprint density at radius 3 is 1.96 bits per heavy atom. The van der Waals surface area contributed by atoms with Crippen molar-refractivity contribution in [2.45, 2.75) is 0 Å². The van der Waals surface area contributed by atoms with Gasteiger partial charge in [-0.05, 0) is 22.8 Å². The average molecular weight is 334 g/mol. The molecule has 0 radical (unpaired) electrons. The molecular formula is C21H18O2S. The van der Waals surface area contributed by atoms with Crippen LogP contribution in [-0.2, 0) is 4.79 Å². The molecule has 0 fully saturated rings. The predicted octanol–water partition coefficient (Wildman–Crippen LogP) is 5.22. The highest BCUT2D eigenvalue weighted by atomic mass is 32.1. The van der Waals surface area contributed by atoms with Crippen LogP contribution in [0.2, 0.25) is 0 Å². The summed E-state index contributed by atoms with van der Waals surface area (Å²) in [7, 11) is 0. The van der Waals surface area contributed by atoms with Gasteiger partial charge in [-0.25, -0.2) is 4.79 Å². The molecule has 0 bridgehead atoms. The molecule has 0 heterocycles. The molecule has 3 heteroatoms. The predicted molar refractivity (Wildman–Crippen MR) is 104 cm³/mol. The molecule has 0 aliphatic rings. The van der Waals surface area contributed by atoms with E-state index in [1.807, 2.05) is 72.8 Å². The molecular weight excluding hydrogens is 316 g/mol. The van der Waals surface area contributed by atoms with Gasteiger partial charge in [-0.3, -0.25) is 0 Å². The SMILES string of the molecule is C=CC(=O)Oc1cccc(-c2ccccc2)c1-c1ccccc1.S. The Morgan fingerprint density at radius 1 is 0.792 bits per heavy atom. The molecule has 3 rings (SSSR count). The van der Waals surface area contributed by atoms with Crippen LogP contribution in [0.5, 0.6) is 5.75 Å². The number of hydrogen-bond donors (Lipinski definition) is 0. The van der Waals surface area contributed by atoms with E-state index in [-0.39, 0.29) is 13.5 Å². The maximum Gasteiger partial charge on any atom is 0.335 e. The number of rotatable bonds is 4. The number of esters is 1. The van der Waals surface area contributed by atoms with Gasteiger partial charge in [0.05, 0.1) is 0 Å². The molecule has 0 atom stereocenters. The minimum Gasteiger partial charge on any atom is -0.423 e. The zero-order chi connectivity index (χ0) is 16.1. The monoisotopic (exact) mass is 334 g/mol. The fraction of sp³-hybridized carbons (Fsp3) is 0. The average Bonchev–Trinajstić information content (AvgIpc) is 2.63. The number of ether oxygens (including phenoxy) is 1. The van der Waals surface area contributed by atoms with E-state index in [1.54, 1.807) is 6.07 Å². The Kier molecular flexibility index (Phi) is 5.99. The molecule has 0 aliphatic heterocycles. The standard InChI is InChI=1S/C21H16O2.H2S/c1-2-20(22)23-19-15-9-14-18(16-10-5-3-6-11-16)21(19)17-12-7-4-8-13-17;/h2-15H,1H2;1H2. The summed E-state index contributed by atoms with van der Waals surface area (Å²) >= 11 is 0. The van der Waals surface area contributed by atoms with Crippen molar-refractivity contribution in [3.05, 3.63) is 91.5 Å². The van der Waals surface area contributed by atoms with Gasteiger partial charge in [-0.1, -0.05) is 79.4 Å². The fourth-order valence-corrected chi connectivity index (χ4v) is 2.53. The maximum absolute atomic E-state index is 11.7. The van der Waals surface area contributed by atoms with Gasteiger partial charge >= 0.3 is 5.97 Å². The Balaban J connectivity index is 0.00000208. The van der Waals surface area contributed by atoms with Crippen molar-refractivity contribution in [1.82, 2.24) is 0 Å². The summed E-state index contributed by atoms with van der Waals surface area (Å²) in [6.45, 7) is 3.47. The van der Waals surface area contributed by atoms with E-state index in [1.165, 1.54) is 6.08 Å². The van der Waals surface area contributed by atoms with E-state index in [4.69, 9.17) is 4.74 Å². The second-order valence-electron chi connectivity index (χ2n) is 5.04. The van der Waals surface area contributed by atoms with Crippen LogP contribution < -0.4 is 4.74 Å². The highest BCUT2D eigenvalue weighted by Crippen LogP contribution is 2.39. The van der Waals surface area contributed by atoms with E-state index < -0.39 is 5.97 Å². The molecule has 0 unspecified atom stereocenters. The molecule has 0 saturated carbocycles. The van der Waals surface area contributed by atoms with Gasteiger partial charge in [0.1, 0.15) is 5.75 Å². The zero-order valence-electron chi connectivity index (χ0n) is 13.1. The lowest BCUT2D eigenvalue weighted by molar-refractivity contribution is -0.128. The van der Waals surface area contributed by atoms with Crippen LogP contribution in [0.25, 0.3) is 22.3 Å². The lowest BCUT2D eigenvalue weighted by Crippen LogP contribution is -2.04. The molecule has 3 aromatic carbocycles. The first-order chi connectivity index (χ1) is 11.3. The normalized spacial score (nSPS) is 9.67. The Hall–Kier alpha value is -2.78. The highest BCUT2D eigenvalue weighted by molar-refractivity contribution is 7.59. The lowest BCUT2D eigenvalue weighted by atomic mass is 9.94. The Labute approximate surface area is 148 Å². The third-order valence-corrected chi connectivity index (χ3v) is 3.55. The van der Waals surface area contributed by atoms with Crippen molar-refractivity contribution in [3.8, 4) is 28.0 Å². The van der Waals surface area contributed by atoms with Gasteiger partial charge in [0.15, 0.2) is 0 Å². The third kappa shape index (κ3) is 3.76. The first-order valence-corrected chi connectivity index (χ1v) is 7.37. The maximum atomic E-state index is 11.7. The second kappa shape index (κ2) is 8.18. The molecule has 2 nitrogen and oxygen atoms in total. The van der Waals surface area contributed by atoms with Crippen molar-refractivity contribution in [3.63, 3.8) is 0 Å². The molecule has 120 valence electrons. The molecule has 0 saturated heterocycles. The fourth-order valence-electron chi connectivity index (χ4n) is 2.53. The second-order valence-corrected chi connectivity index (χ2v) is 5.04. The first-order valence-electron chi connectivity index (χ1n) is 7.37. The van der Waals surface area contributed by atoms with Gasteiger partial charge < -0.3 is 4.74 Å². The van der Waals surface area contributed by atoms with E-state index in [2.05, 4.69) is 6.58 Å². The lowest BCUT2D eigenvalue weighted by Gasteiger charge is -2.15. The largest absolute Gasteiger partial charge is 0.423 e. The molecule has 0 amide bonds. The van der Waals surface area contributed by atoms with Crippen molar-refractivity contribution in [2.75, 3.05) is 0 Å². The van der Waals surface area contributed by atoms with E-state index in [0.717, 1.165) is 22.3 Å². The van der Waals surface area contributed by atoms with Crippen LogP contribution >= 0.6 is 13.5 Å². The topological polar surface area (TPSA) is 26.3 Å². The van der Waals surface area contributed by atoms with Crippen molar-refractivity contribution >= 4 is 19.5 Å². The summed E-state index contributed by atoms with van der Waals surface area (Å²) in [6, 6.07) is 25.7. The summed E-state index contributed by atoms with van der Waals surface area (Å²) in [6.07, 6.45) is 1.17. The van der Waals surface area contributed by atoms with Crippen molar-refractivity contribution in [1.29, 1.82) is 0 Å². The minimum atomic E-state index is -0.465. The van der Waals surface area contributed by atoms with Gasteiger partial charge in [0.25, 0.3) is 0 Å². The quantitative estimate of drug-likeness (QED) is 0.371. The molecule has 0 N–H and O–H groups in total. The number of benzene rings is 3. The summed E-state index contributed by atoms with van der Waals surface area (Å²) in [5.74, 6) is 0.0647. The summed E-state index contributed by atoms with van der Waals surface area (Å²) < 4.78 is 5.45. The first kappa shape index (κ1) is 17.6. The summed E-state index contributed by atoms with van der Waals surface area (Å²) in [5, 5.41) is 0. The molecule has 0 aliphatic carbocycles. The zero-order valence-corrected chi connectivity index (χ0v) is 14.1. The van der Waals surface area contributed by atoms with Crippen LogP contribution in [0.3, 0.4) is 0 Å². The Bertz CT molecular complexity index is 827. The van der Waals surface area contributed by atoms with Gasteiger partial charge in [-0.2, -0.15) is 13.5 Å². The number of carbonyl (C=O) groups is 1. The van der Waals surface area contributed by atoms with Crippen LogP contribution in [0.1, 0.15) is 0 Å². The minimum absolute atomic E-state index is 0. The smallest absolute Gasteiger partial charge is 0.335 e. The van der Waals surface area contributed by atoms with Gasteiger partial charge in [0.2, 0.25) is 0 Å². The van der Waals surface area contributed by atoms with Crippen LogP contribution in [0.4, 0.5) is 0 Å². The molecule has 0 spiro atoms. The van der Waals surface area contributed by atoms with Gasteiger partial charge in [-0.15, -0.1) is 0 Å². The number of hydrogen-bond acceptors (Lipinski definition) is 2. The van der Waals surface area contributed by atoms with E-state index in [0.29, 0.717) is 5.75 Å². The van der Waals surface area contributed by atoms with Gasteiger partial charge in [0, 0.05) is 11.6 Å². The number of carbonyl (C=O) groups excluding carboxylic acids is 1. The molecule has 0 aromatic heterocycles. The van der Waals surface area contributed by atoms with Crippen molar-refractivity contribution in [2.24, 2.45) is 0 Å². The van der Waals surface area contributed by atoms with Crippen LogP contribution in [0.15, 0.2) is 91.5 Å². The summed E-state index contributed by atoms with van der Waals surface area (Å²) in [5.41, 5.74) is 3.99. The van der Waals surface area contributed by atoms with Crippen molar-refractivity contribution < 1.29 is 9.53 Å². The Morgan fingerprint density at radius 2 is 1.38 bits per heavy atom. The molecule has 3 aromatic rings. The van der Waals surface area contributed by atoms with Crippen LogP contribution in [0, 0.1) is 0 Å². The van der Waals surface area contributed by atoms with E-state index >= 15 is 0 Å². The van der Waals surface area contributed by atoms with Crippen LogP contribution in [-0.4, -0.2) is 5.97 Å². The summed E-state index contributed by atoms with van der Waals surface area (Å²) in [4.78, 5) is 11.7. The third-order valence-electron chi connectivity index (χ3n) is 3.55.